The van der Waals surface area contributed by atoms with Crippen LogP contribution in [0, 0.1) is 6.42 Å². The summed E-state index contributed by atoms with van der Waals surface area (Å²) in [7, 11) is 0. The van der Waals surface area contributed by atoms with Crippen molar-refractivity contribution in [3.05, 3.63) is 6.42 Å². The SMILES string of the molecule is CSC1[CH]CC1. The summed E-state index contributed by atoms with van der Waals surface area (Å²) in [5.41, 5.74) is 0. The van der Waals surface area contributed by atoms with E-state index in [0.29, 0.717) is 0 Å². The van der Waals surface area contributed by atoms with Crippen LogP contribution < -0.4 is 0 Å². The van der Waals surface area contributed by atoms with E-state index in [1.54, 1.807) is 0 Å². The molecule has 0 nitrogen and oxygen atoms in total. The van der Waals surface area contributed by atoms with E-state index in [1.807, 2.05) is 11.8 Å². The van der Waals surface area contributed by atoms with Gasteiger partial charge in [-0.05, 0) is 25.5 Å². The fourth-order valence-corrected chi connectivity index (χ4v) is 1.22. The predicted molar refractivity (Wildman–Crippen MR) is 30.8 cm³/mol. The second-order valence-corrected chi connectivity index (χ2v) is 2.66. The third-order valence-corrected chi connectivity index (χ3v) is 2.22. The molecule has 1 heteroatoms. The molecule has 0 aliphatic heterocycles. The number of rotatable bonds is 1. The highest BCUT2D eigenvalue weighted by atomic mass is 32.2. The number of hydrogen-bond donors (Lipinski definition) is 0. The molecule has 1 aliphatic rings. The molecule has 35 valence electrons. The molecule has 0 amide bonds. The molecule has 0 bridgehead atoms. The molecule has 1 fully saturated rings. The van der Waals surface area contributed by atoms with Crippen LogP contribution in [0.1, 0.15) is 12.8 Å². The van der Waals surface area contributed by atoms with Crippen molar-refractivity contribution in [2.24, 2.45) is 0 Å². The second-order valence-electron chi connectivity index (χ2n) is 1.59. The minimum Gasteiger partial charge on any atom is -0.162 e. The average Bonchev–Trinajstić information content (AvgIpc) is 1.31. The molecule has 1 rings (SSSR count). The van der Waals surface area contributed by atoms with Gasteiger partial charge in [0.25, 0.3) is 0 Å². The van der Waals surface area contributed by atoms with Gasteiger partial charge in [0.05, 0.1) is 0 Å². The van der Waals surface area contributed by atoms with Crippen molar-refractivity contribution in [3.63, 3.8) is 0 Å². The third kappa shape index (κ3) is 0.700. The lowest BCUT2D eigenvalue weighted by molar-refractivity contribution is 0.671. The molecule has 0 N–H and O–H groups in total. The standard InChI is InChI=1S/C5H9S/c1-6-5-3-2-4-5/h3,5H,2,4H2,1H3. The lowest BCUT2D eigenvalue weighted by atomic mass is 10.0. The maximum atomic E-state index is 2.37. The van der Waals surface area contributed by atoms with E-state index >= 15 is 0 Å². The molecular weight excluding hydrogens is 92.1 g/mol. The Bertz CT molecular complexity index is 36.4. The van der Waals surface area contributed by atoms with Gasteiger partial charge >= 0.3 is 0 Å². The van der Waals surface area contributed by atoms with Crippen LogP contribution in [0.4, 0.5) is 0 Å². The van der Waals surface area contributed by atoms with Crippen LogP contribution in [-0.4, -0.2) is 11.5 Å². The zero-order valence-electron chi connectivity index (χ0n) is 3.98. The van der Waals surface area contributed by atoms with Gasteiger partial charge in [-0.3, -0.25) is 0 Å². The highest BCUT2D eigenvalue weighted by molar-refractivity contribution is 7.99. The minimum atomic E-state index is 0.907. The van der Waals surface area contributed by atoms with Gasteiger partial charge in [-0.15, -0.1) is 0 Å². The van der Waals surface area contributed by atoms with E-state index in [0.717, 1.165) is 5.25 Å². The molecular formula is C5H9S. The van der Waals surface area contributed by atoms with E-state index in [2.05, 4.69) is 12.7 Å². The van der Waals surface area contributed by atoms with E-state index in [1.165, 1.54) is 12.8 Å². The van der Waals surface area contributed by atoms with E-state index in [9.17, 15) is 0 Å². The number of hydrogen-bond acceptors (Lipinski definition) is 1. The van der Waals surface area contributed by atoms with Gasteiger partial charge in [0.1, 0.15) is 0 Å². The Kier molecular flexibility index (Phi) is 1.41. The van der Waals surface area contributed by atoms with Crippen LogP contribution in [0.3, 0.4) is 0 Å². The summed E-state index contributed by atoms with van der Waals surface area (Å²) in [5, 5.41) is 0.907. The molecule has 0 heterocycles. The van der Waals surface area contributed by atoms with E-state index in [-0.39, 0.29) is 0 Å². The monoisotopic (exact) mass is 101 g/mol. The maximum Gasteiger partial charge on any atom is 0.00757 e. The average molecular weight is 101 g/mol. The summed E-state index contributed by atoms with van der Waals surface area (Å²) in [6.07, 6.45) is 7.30. The topological polar surface area (TPSA) is 0 Å². The van der Waals surface area contributed by atoms with Gasteiger partial charge in [0, 0.05) is 5.25 Å². The quantitative estimate of drug-likeness (QED) is 0.484. The van der Waals surface area contributed by atoms with E-state index < -0.39 is 0 Å². The van der Waals surface area contributed by atoms with Gasteiger partial charge in [-0.2, -0.15) is 11.8 Å². The maximum absolute atomic E-state index is 2.37. The van der Waals surface area contributed by atoms with Crippen molar-refractivity contribution < 1.29 is 0 Å². The Morgan fingerprint density at radius 3 is 2.50 bits per heavy atom. The van der Waals surface area contributed by atoms with Gasteiger partial charge < -0.3 is 0 Å². The van der Waals surface area contributed by atoms with Crippen molar-refractivity contribution >= 4 is 11.8 Å². The highest BCUT2D eigenvalue weighted by Gasteiger charge is 2.14. The van der Waals surface area contributed by atoms with Gasteiger partial charge in [-0.25, -0.2) is 0 Å². The smallest absolute Gasteiger partial charge is 0.00757 e. The normalized spacial score (nSPS) is 23.5. The summed E-state index contributed by atoms with van der Waals surface area (Å²) < 4.78 is 0. The largest absolute Gasteiger partial charge is 0.162 e. The first-order valence-electron chi connectivity index (χ1n) is 2.29. The number of thioether (sulfide) groups is 1. The van der Waals surface area contributed by atoms with Gasteiger partial charge in [0.2, 0.25) is 0 Å². The third-order valence-electron chi connectivity index (χ3n) is 1.18. The van der Waals surface area contributed by atoms with Crippen molar-refractivity contribution in [2.45, 2.75) is 18.1 Å². The first-order chi connectivity index (χ1) is 2.93. The van der Waals surface area contributed by atoms with Crippen molar-refractivity contribution in [3.8, 4) is 0 Å². The highest BCUT2D eigenvalue weighted by Crippen LogP contribution is 2.27. The Morgan fingerprint density at radius 2 is 2.50 bits per heavy atom. The van der Waals surface area contributed by atoms with Crippen molar-refractivity contribution in [1.82, 2.24) is 0 Å². The zero-order chi connectivity index (χ0) is 4.41. The summed E-state index contributed by atoms with van der Waals surface area (Å²) in [4.78, 5) is 0. The summed E-state index contributed by atoms with van der Waals surface area (Å²) >= 11 is 1.96. The van der Waals surface area contributed by atoms with Crippen molar-refractivity contribution in [1.29, 1.82) is 0 Å². The van der Waals surface area contributed by atoms with Crippen LogP contribution >= 0.6 is 11.8 Å². The van der Waals surface area contributed by atoms with Gasteiger partial charge in [0.15, 0.2) is 0 Å². The molecule has 6 heavy (non-hydrogen) atoms. The molecule has 1 radical (unpaired) electrons. The molecule has 1 aliphatic carbocycles. The molecule has 0 spiro atoms. The molecule has 1 saturated carbocycles. The van der Waals surface area contributed by atoms with Crippen molar-refractivity contribution in [2.75, 3.05) is 6.26 Å². The first kappa shape index (κ1) is 4.51. The fourth-order valence-electron chi connectivity index (χ4n) is 0.517. The zero-order valence-corrected chi connectivity index (χ0v) is 4.79. The molecule has 1 unspecified atom stereocenters. The lowest BCUT2D eigenvalue weighted by Gasteiger charge is -2.21. The Balaban J connectivity index is 2.01. The predicted octanol–water partition coefficient (Wildman–Crippen LogP) is 1.72. The van der Waals surface area contributed by atoms with Crippen LogP contribution in [-0.2, 0) is 0 Å². The Morgan fingerprint density at radius 1 is 1.83 bits per heavy atom. The summed E-state index contributed by atoms with van der Waals surface area (Å²) in [5.74, 6) is 0. The molecule has 0 aromatic heterocycles. The summed E-state index contributed by atoms with van der Waals surface area (Å²) in [6.45, 7) is 0. The van der Waals surface area contributed by atoms with E-state index in [4.69, 9.17) is 0 Å². The molecule has 1 atom stereocenters. The lowest BCUT2D eigenvalue weighted by Crippen LogP contribution is -2.12. The first-order valence-corrected chi connectivity index (χ1v) is 3.58. The molecule has 0 aromatic rings. The van der Waals surface area contributed by atoms with Gasteiger partial charge in [-0.1, -0.05) is 0 Å². The Labute approximate surface area is 43.3 Å². The van der Waals surface area contributed by atoms with Crippen LogP contribution in [0.2, 0.25) is 0 Å². The van der Waals surface area contributed by atoms with Crippen LogP contribution in [0.25, 0.3) is 0 Å². The fraction of sp³-hybridized carbons (Fsp3) is 0.800. The molecule has 0 saturated heterocycles. The minimum absolute atomic E-state index is 0.907. The van der Waals surface area contributed by atoms with Crippen LogP contribution in [0.15, 0.2) is 0 Å². The second kappa shape index (κ2) is 1.87. The molecule has 0 aromatic carbocycles. The Hall–Kier alpha value is 0.350. The van der Waals surface area contributed by atoms with Crippen LogP contribution in [0.5, 0.6) is 0 Å². The summed E-state index contributed by atoms with van der Waals surface area (Å²) in [6, 6.07) is 0.